The van der Waals surface area contributed by atoms with Crippen molar-refractivity contribution in [3.05, 3.63) is 59.2 Å². The summed E-state index contributed by atoms with van der Waals surface area (Å²) in [5, 5.41) is 2.87. The van der Waals surface area contributed by atoms with Crippen molar-refractivity contribution in [2.45, 2.75) is 18.7 Å². The summed E-state index contributed by atoms with van der Waals surface area (Å²) in [5.41, 5.74) is 3.36. The molecule has 1 aliphatic rings. The normalized spacial score (nSPS) is 14.6. The number of rotatable bonds is 3. The third kappa shape index (κ3) is 3.28. The van der Waals surface area contributed by atoms with Gasteiger partial charge in [0.1, 0.15) is 4.90 Å². The lowest BCUT2D eigenvalue weighted by molar-refractivity contribution is -0.116. The minimum Gasteiger partial charge on any atom is -0.349 e. The first-order chi connectivity index (χ1) is 11.8. The number of amides is 1. The van der Waals surface area contributed by atoms with Gasteiger partial charge >= 0.3 is 0 Å². The van der Waals surface area contributed by atoms with Crippen LogP contribution in [0.5, 0.6) is 0 Å². The van der Waals surface area contributed by atoms with Crippen molar-refractivity contribution in [3.63, 3.8) is 0 Å². The number of carbonyl (C=O) groups is 1. The molecular weight excluding hydrogens is 338 g/mol. The summed E-state index contributed by atoms with van der Waals surface area (Å²) in [6, 6.07) is 12.3. The maximum atomic E-state index is 12.4. The maximum absolute atomic E-state index is 12.4. The van der Waals surface area contributed by atoms with Gasteiger partial charge in [-0.3, -0.25) is 4.79 Å². The van der Waals surface area contributed by atoms with Crippen LogP contribution in [-0.2, 0) is 14.8 Å². The van der Waals surface area contributed by atoms with Gasteiger partial charge in [-0.2, -0.15) is 8.42 Å². The van der Waals surface area contributed by atoms with E-state index in [0.717, 1.165) is 16.8 Å². The molecule has 2 aromatic carbocycles. The van der Waals surface area contributed by atoms with E-state index in [0.29, 0.717) is 5.56 Å². The van der Waals surface area contributed by atoms with Crippen LogP contribution in [0.2, 0.25) is 0 Å². The van der Waals surface area contributed by atoms with Gasteiger partial charge in [0.05, 0.1) is 6.54 Å². The zero-order valence-electron chi connectivity index (χ0n) is 14.3. The predicted octanol–water partition coefficient (Wildman–Crippen LogP) is 2.32. The quantitative estimate of drug-likeness (QED) is 0.914. The van der Waals surface area contributed by atoms with Crippen molar-refractivity contribution >= 4 is 27.5 Å². The summed E-state index contributed by atoms with van der Waals surface area (Å²) in [6.45, 7) is 3.92. The van der Waals surface area contributed by atoms with Crippen LogP contribution in [-0.4, -0.2) is 38.7 Å². The van der Waals surface area contributed by atoms with E-state index in [1.165, 1.54) is 6.07 Å². The molecule has 6 nitrogen and oxygen atoms in total. The number of sulfonamides is 1. The molecule has 25 heavy (non-hydrogen) atoms. The number of benzene rings is 2. The van der Waals surface area contributed by atoms with Crippen LogP contribution in [0.25, 0.3) is 0 Å². The minimum atomic E-state index is -3.69. The molecule has 0 fully saturated rings. The SMILES string of the molecule is Cc1cccc(NC(=O)CN(C)C2=NS(=O)(=O)c3ccccc32)c1C. The Balaban J connectivity index is 1.78. The molecule has 3 rings (SSSR count). The van der Waals surface area contributed by atoms with Gasteiger partial charge in [-0.25, -0.2) is 0 Å². The van der Waals surface area contributed by atoms with Crippen LogP contribution in [0.15, 0.2) is 51.8 Å². The Bertz CT molecular complexity index is 981. The van der Waals surface area contributed by atoms with Crippen LogP contribution < -0.4 is 5.32 Å². The number of hydrogen-bond acceptors (Lipinski definition) is 4. The Morgan fingerprint density at radius 1 is 1.12 bits per heavy atom. The number of amidine groups is 1. The van der Waals surface area contributed by atoms with Crippen LogP contribution in [0.3, 0.4) is 0 Å². The number of hydrogen-bond donors (Lipinski definition) is 1. The van der Waals surface area contributed by atoms with Crippen molar-refractivity contribution in [3.8, 4) is 0 Å². The largest absolute Gasteiger partial charge is 0.349 e. The van der Waals surface area contributed by atoms with Crippen LogP contribution in [0, 0.1) is 13.8 Å². The van der Waals surface area contributed by atoms with Crippen LogP contribution in [0.1, 0.15) is 16.7 Å². The molecule has 0 atom stereocenters. The van der Waals surface area contributed by atoms with E-state index in [1.54, 1.807) is 30.1 Å². The van der Waals surface area contributed by atoms with E-state index < -0.39 is 10.0 Å². The lowest BCUT2D eigenvalue weighted by atomic mass is 10.1. The number of likely N-dealkylation sites (N-methyl/N-ethyl adjacent to an activating group) is 1. The number of aryl methyl sites for hydroxylation is 1. The molecule has 1 aliphatic heterocycles. The Morgan fingerprint density at radius 3 is 2.60 bits per heavy atom. The molecule has 0 saturated carbocycles. The summed E-state index contributed by atoms with van der Waals surface area (Å²) in [4.78, 5) is 14.1. The van der Waals surface area contributed by atoms with Crippen molar-refractivity contribution < 1.29 is 13.2 Å². The summed E-state index contributed by atoms with van der Waals surface area (Å²) >= 11 is 0. The average molecular weight is 357 g/mol. The van der Waals surface area contributed by atoms with E-state index in [-0.39, 0.29) is 23.2 Å². The summed E-state index contributed by atoms with van der Waals surface area (Å²) < 4.78 is 28.0. The number of carbonyl (C=O) groups excluding carboxylic acids is 1. The molecule has 0 spiro atoms. The van der Waals surface area contributed by atoms with Crippen molar-refractivity contribution in [1.82, 2.24) is 4.90 Å². The van der Waals surface area contributed by atoms with Gasteiger partial charge in [0, 0.05) is 18.3 Å². The molecule has 0 unspecified atom stereocenters. The maximum Gasteiger partial charge on any atom is 0.285 e. The number of anilines is 1. The highest BCUT2D eigenvalue weighted by molar-refractivity contribution is 7.90. The predicted molar refractivity (Wildman–Crippen MR) is 97.3 cm³/mol. The molecule has 1 heterocycles. The zero-order valence-corrected chi connectivity index (χ0v) is 15.1. The molecule has 1 N–H and O–H groups in total. The first-order valence-corrected chi connectivity index (χ1v) is 9.25. The second-order valence-electron chi connectivity index (χ2n) is 6.04. The second kappa shape index (κ2) is 6.33. The van der Waals surface area contributed by atoms with E-state index >= 15 is 0 Å². The van der Waals surface area contributed by atoms with E-state index in [2.05, 4.69) is 9.71 Å². The van der Waals surface area contributed by atoms with Crippen LogP contribution in [0.4, 0.5) is 5.69 Å². The smallest absolute Gasteiger partial charge is 0.285 e. The average Bonchev–Trinajstić information content (AvgIpc) is 2.84. The molecule has 0 saturated heterocycles. The third-order valence-electron chi connectivity index (χ3n) is 4.23. The van der Waals surface area contributed by atoms with E-state index in [1.807, 2.05) is 32.0 Å². The minimum absolute atomic E-state index is 0.00390. The van der Waals surface area contributed by atoms with Crippen molar-refractivity contribution in [2.75, 3.05) is 18.9 Å². The fraction of sp³-hybridized carbons (Fsp3) is 0.222. The zero-order chi connectivity index (χ0) is 18.2. The Morgan fingerprint density at radius 2 is 1.84 bits per heavy atom. The molecule has 2 aromatic rings. The van der Waals surface area contributed by atoms with Gasteiger partial charge in [-0.1, -0.05) is 24.3 Å². The van der Waals surface area contributed by atoms with Crippen molar-refractivity contribution in [1.29, 1.82) is 0 Å². The summed E-state index contributed by atoms with van der Waals surface area (Å²) in [7, 11) is -2.04. The highest BCUT2D eigenvalue weighted by Gasteiger charge is 2.30. The standard InChI is InChI=1S/C18H19N3O3S/c1-12-7-6-9-15(13(12)2)19-17(22)11-21(3)18-14-8-4-5-10-16(14)25(23,24)20-18/h4-10H,11H2,1-3H3,(H,19,22). The van der Waals surface area contributed by atoms with E-state index in [4.69, 9.17) is 0 Å². The first kappa shape index (κ1) is 17.2. The van der Waals surface area contributed by atoms with Crippen LogP contribution >= 0.6 is 0 Å². The molecule has 1 amide bonds. The number of nitrogens with zero attached hydrogens (tertiary/aromatic N) is 2. The first-order valence-electron chi connectivity index (χ1n) is 7.81. The van der Waals surface area contributed by atoms with Gasteiger partial charge in [0.25, 0.3) is 10.0 Å². The third-order valence-corrected chi connectivity index (χ3v) is 5.56. The molecule has 130 valence electrons. The summed E-state index contributed by atoms with van der Waals surface area (Å²) in [6.07, 6.45) is 0. The molecule has 0 aliphatic carbocycles. The molecular formula is C18H19N3O3S. The highest BCUT2D eigenvalue weighted by atomic mass is 32.2. The highest BCUT2D eigenvalue weighted by Crippen LogP contribution is 2.27. The topological polar surface area (TPSA) is 78.8 Å². The lowest BCUT2D eigenvalue weighted by Crippen LogP contribution is -2.35. The van der Waals surface area contributed by atoms with Gasteiger partial charge < -0.3 is 10.2 Å². The van der Waals surface area contributed by atoms with Gasteiger partial charge in [0.2, 0.25) is 5.91 Å². The monoisotopic (exact) mass is 357 g/mol. The fourth-order valence-electron chi connectivity index (χ4n) is 2.73. The molecule has 7 heteroatoms. The second-order valence-corrected chi connectivity index (χ2v) is 7.61. The number of nitrogens with one attached hydrogen (secondary N) is 1. The Kier molecular flexibility index (Phi) is 4.34. The molecule has 0 bridgehead atoms. The molecule has 0 radical (unpaired) electrons. The molecule has 0 aromatic heterocycles. The van der Waals surface area contributed by atoms with Gasteiger partial charge in [0.15, 0.2) is 5.84 Å². The van der Waals surface area contributed by atoms with Gasteiger partial charge in [-0.15, -0.1) is 4.40 Å². The van der Waals surface area contributed by atoms with E-state index in [9.17, 15) is 13.2 Å². The number of fused-ring (bicyclic) bond motifs is 1. The lowest BCUT2D eigenvalue weighted by Gasteiger charge is -2.19. The van der Waals surface area contributed by atoms with Crippen molar-refractivity contribution in [2.24, 2.45) is 4.40 Å². The fourth-order valence-corrected chi connectivity index (χ4v) is 3.98. The Hall–Kier alpha value is -2.67. The summed E-state index contributed by atoms with van der Waals surface area (Å²) in [5.74, 6) is 0.0485. The Labute approximate surface area is 147 Å². The van der Waals surface area contributed by atoms with Gasteiger partial charge in [-0.05, 0) is 43.2 Å².